The molecule has 2 N–H and O–H groups in total. The molecule has 0 fully saturated rings. The number of carbonyl (C=O) groups is 2. The third kappa shape index (κ3) is 3.36. The lowest BCUT2D eigenvalue weighted by atomic mass is 10.1. The van der Waals surface area contributed by atoms with Crippen molar-refractivity contribution in [3.05, 3.63) is 23.8 Å². The first-order valence-electron chi connectivity index (χ1n) is 5.27. The fourth-order valence-electron chi connectivity index (χ4n) is 1.50. The first kappa shape index (κ1) is 13.2. The average Bonchev–Trinajstić information content (AvgIpc) is 2.34. The summed E-state index contributed by atoms with van der Waals surface area (Å²) in [6, 6.07) is 3.98. The van der Waals surface area contributed by atoms with E-state index in [0.717, 1.165) is 0 Å². The van der Waals surface area contributed by atoms with E-state index in [0.29, 0.717) is 5.69 Å². The SMILES string of the molecule is O=C1COc2cc(C(=O)NCC(F)(F)F)ccc2N1. The largest absolute Gasteiger partial charge is 0.482 e. The smallest absolute Gasteiger partial charge is 0.405 e. The number of carbonyl (C=O) groups excluding carboxylic acids is 2. The van der Waals surface area contributed by atoms with Gasteiger partial charge in [0, 0.05) is 5.56 Å². The Hall–Kier alpha value is -2.25. The highest BCUT2D eigenvalue weighted by atomic mass is 19.4. The quantitative estimate of drug-likeness (QED) is 0.854. The van der Waals surface area contributed by atoms with Crippen molar-refractivity contribution in [3.63, 3.8) is 0 Å². The Balaban J connectivity index is 2.09. The average molecular weight is 274 g/mol. The Kier molecular flexibility index (Phi) is 3.32. The normalized spacial score (nSPS) is 14.2. The van der Waals surface area contributed by atoms with Gasteiger partial charge in [0.1, 0.15) is 12.3 Å². The van der Waals surface area contributed by atoms with Gasteiger partial charge in [-0.15, -0.1) is 0 Å². The first-order chi connectivity index (χ1) is 8.85. The van der Waals surface area contributed by atoms with Crippen LogP contribution in [-0.4, -0.2) is 31.1 Å². The van der Waals surface area contributed by atoms with Gasteiger partial charge in [-0.25, -0.2) is 0 Å². The number of alkyl halides is 3. The second-order valence-corrected chi connectivity index (χ2v) is 3.85. The van der Waals surface area contributed by atoms with Gasteiger partial charge in [0.2, 0.25) is 0 Å². The number of hydrogen-bond acceptors (Lipinski definition) is 3. The van der Waals surface area contributed by atoms with E-state index in [1.807, 2.05) is 0 Å². The minimum absolute atomic E-state index is 0.0270. The van der Waals surface area contributed by atoms with Gasteiger partial charge in [0.15, 0.2) is 6.61 Å². The van der Waals surface area contributed by atoms with Crippen molar-refractivity contribution in [3.8, 4) is 5.75 Å². The maximum atomic E-state index is 12.0. The van der Waals surface area contributed by atoms with Crippen LogP contribution in [0.3, 0.4) is 0 Å². The predicted molar refractivity (Wildman–Crippen MR) is 59.0 cm³/mol. The number of ether oxygens (including phenoxy) is 1. The minimum atomic E-state index is -4.46. The van der Waals surface area contributed by atoms with Crippen LogP contribution in [0.5, 0.6) is 5.75 Å². The number of amides is 2. The molecule has 1 aromatic carbocycles. The topological polar surface area (TPSA) is 67.4 Å². The summed E-state index contributed by atoms with van der Waals surface area (Å²) in [5.41, 5.74) is 0.405. The molecular weight excluding hydrogens is 265 g/mol. The zero-order chi connectivity index (χ0) is 14.0. The van der Waals surface area contributed by atoms with E-state index in [1.165, 1.54) is 18.2 Å². The van der Waals surface area contributed by atoms with E-state index < -0.39 is 18.6 Å². The van der Waals surface area contributed by atoms with E-state index in [9.17, 15) is 22.8 Å². The van der Waals surface area contributed by atoms with Crippen LogP contribution >= 0.6 is 0 Å². The van der Waals surface area contributed by atoms with Crippen LogP contribution in [0.1, 0.15) is 10.4 Å². The highest BCUT2D eigenvalue weighted by molar-refractivity contribution is 5.98. The molecule has 0 aromatic heterocycles. The number of anilines is 1. The number of nitrogens with one attached hydrogen (secondary N) is 2. The molecule has 8 heteroatoms. The summed E-state index contributed by atoms with van der Waals surface area (Å²) < 4.78 is 40.9. The Morgan fingerprint density at radius 3 is 2.84 bits per heavy atom. The van der Waals surface area contributed by atoms with Crippen molar-refractivity contribution in [2.45, 2.75) is 6.18 Å². The van der Waals surface area contributed by atoms with Crippen LogP contribution in [0.4, 0.5) is 18.9 Å². The Morgan fingerprint density at radius 2 is 2.16 bits per heavy atom. The monoisotopic (exact) mass is 274 g/mol. The van der Waals surface area contributed by atoms with Crippen molar-refractivity contribution < 1.29 is 27.5 Å². The number of rotatable bonds is 2. The maximum absolute atomic E-state index is 12.0. The van der Waals surface area contributed by atoms with Crippen LogP contribution in [0.25, 0.3) is 0 Å². The molecule has 1 aliphatic rings. The van der Waals surface area contributed by atoms with Crippen molar-refractivity contribution in [1.82, 2.24) is 5.32 Å². The Labute approximate surface area is 105 Å². The van der Waals surface area contributed by atoms with Crippen LogP contribution in [-0.2, 0) is 4.79 Å². The van der Waals surface area contributed by atoms with Crippen molar-refractivity contribution in [1.29, 1.82) is 0 Å². The third-order valence-corrected chi connectivity index (χ3v) is 2.33. The van der Waals surface area contributed by atoms with Gasteiger partial charge >= 0.3 is 6.18 Å². The van der Waals surface area contributed by atoms with Crippen LogP contribution in [0.2, 0.25) is 0 Å². The summed E-state index contributed by atoms with van der Waals surface area (Å²) in [4.78, 5) is 22.5. The number of fused-ring (bicyclic) bond motifs is 1. The van der Waals surface area contributed by atoms with Gasteiger partial charge in [-0.2, -0.15) is 13.2 Å². The van der Waals surface area contributed by atoms with Gasteiger partial charge in [-0.3, -0.25) is 9.59 Å². The molecular formula is C11H9F3N2O3. The summed E-state index contributed by atoms with van der Waals surface area (Å²) in [7, 11) is 0. The van der Waals surface area contributed by atoms with E-state index in [4.69, 9.17) is 4.74 Å². The standard InChI is InChI=1S/C11H9F3N2O3/c12-11(13,14)5-15-10(18)6-1-2-7-8(3-6)19-4-9(17)16-7/h1-3H,4-5H2,(H,15,18)(H,16,17). The van der Waals surface area contributed by atoms with Crippen LogP contribution < -0.4 is 15.4 Å². The van der Waals surface area contributed by atoms with Crippen LogP contribution in [0, 0.1) is 0 Å². The van der Waals surface area contributed by atoms with E-state index in [2.05, 4.69) is 5.32 Å². The molecule has 1 aliphatic heterocycles. The second-order valence-electron chi connectivity index (χ2n) is 3.85. The lowest BCUT2D eigenvalue weighted by Crippen LogP contribution is -2.33. The molecule has 5 nitrogen and oxygen atoms in total. The van der Waals surface area contributed by atoms with Crippen molar-refractivity contribution in [2.24, 2.45) is 0 Å². The molecule has 0 saturated carbocycles. The number of halogens is 3. The molecule has 0 atom stereocenters. The molecule has 1 heterocycles. The molecule has 0 saturated heterocycles. The third-order valence-electron chi connectivity index (χ3n) is 2.33. The van der Waals surface area contributed by atoms with Crippen molar-refractivity contribution >= 4 is 17.5 Å². The summed E-state index contributed by atoms with van der Waals surface area (Å²) in [6.07, 6.45) is -4.46. The molecule has 0 bridgehead atoms. The van der Waals surface area contributed by atoms with Gasteiger partial charge in [-0.05, 0) is 18.2 Å². The molecule has 19 heavy (non-hydrogen) atoms. The first-order valence-corrected chi connectivity index (χ1v) is 5.27. The van der Waals surface area contributed by atoms with Gasteiger partial charge in [0.25, 0.3) is 11.8 Å². The number of benzene rings is 1. The van der Waals surface area contributed by atoms with Gasteiger partial charge in [-0.1, -0.05) is 0 Å². The minimum Gasteiger partial charge on any atom is -0.482 e. The molecule has 1 aromatic rings. The Bertz CT molecular complexity index is 528. The molecule has 0 spiro atoms. The zero-order valence-corrected chi connectivity index (χ0v) is 9.50. The fraction of sp³-hybridized carbons (Fsp3) is 0.273. The summed E-state index contributed by atoms with van der Waals surface area (Å²) in [5.74, 6) is -0.943. The highest BCUT2D eigenvalue weighted by Gasteiger charge is 2.28. The second kappa shape index (κ2) is 4.79. The maximum Gasteiger partial charge on any atom is 0.405 e. The zero-order valence-electron chi connectivity index (χ0n) is 9.50. The summed E-state index contributed by atoms with van der Waals surface area (Å²) in [5, 5.41) is 4.25. The van der Waals surface area contributed by atoms with Crippen LogP contribution in [0.15, 0.2) is 18.2 Å². The predicted octanol–water partition coefficient (Wildman–Crippen LogP) is 1.31. The van der Waals surface area contributed by atoms with Gasteiger partial charge in [0.05, 0.1) is 5.69 Å². The molecule has 2 amide bonds. The molecule has 102 valence electrons. The molecule has 2 rings (SSSR count). The highest BCUT2D eigenvalue weighted by Crippen LogP contribution is 2.28. The van der Waals surface area contributed by atoms with E-state index in [1.54, 1.807) is 5.32 Å². The lowest BCUT2D eigenvalue weighted by Gasteiger charge is -2.18. The van der Waals surface area contributed by atoms with E-state index in [-0.39, 0.29) is 23.8 Å². The van der Waals surface area contributed by atoms with E-state index >= 15 is 0 Å². The summed E-state index contributed by atoms with van der Waals surface area (Å²) >= 11 is 0. The fourth-order valence-corrected chi connectivity index (χ4v) is 1.50. The number of hydrogen-bond donors (Lipinski definition) is 2. The molecule has 0 unspecified atom stereocenters. The molecule has 0 aliphatic carbocycles. The summed E-state index contributed by atoms with van der Waals surface area (Å²) in [6.45, 7) is -1.60. The molecule has 0 radical (unpaired) electrons. The van der Waals surface area contributed by atoms with Crippen molar-refractivity contribution in [2.75, 3.05) is 18.5 Å². The van der Waals surface area contributed by atoms with Gasteiger partial charge < -0.3 is 15.4 Å². The Morgan fingerprint density at radius 1 is 1.42 bits per heavy atom. The lowest BCUT2D eigenvalue weighted by molar-refractivity contribution is -0.123.